The van der Waals surface area contributed by atoms with Crippen molar-refractivity contribution >= 4 is 72.4 Å². The molecule has 3 aromatic rings. The molecule has 0 radical (unpaired) electrons. The predicted octanol–water partition coefficient (Wildman–Crippen LogP) is 4.85. The summed E-state index contributed by atoms with van der Waals surface area (Å²) in [7, 11) is 7.37. The average Bonchev–Trinajstić information content (AvgIpc) is 2.56. The van der Waals surface area contributed by atoms with Crippen LogP contribution in [0, 0.1) is 0 Å². The number of rotatable bonds is 3. The topological polar surface area (TPSA) is 0 Å². The van der Waals surface area contributed by atoms with Crippen LogP contribution in [-0.4, -0.2) is 19.9 Å². The van der Waals surface area contributed by atoms with E-state index in [4.69, 9.17) is 43.1 Å². The van der Waals surface area contributed by atoms with Crippen molar-refractivity contribution in [3.8, 4) is 0 Å². The fourth-order valence-electron chi connectivity index (χ4n) is 2.54. The molecule has 0 atom stereocenters. The second-order valence-corrected chi connectivity index (χ2v) is 23.3. The van der Waals surface area contributed by atoms with E-state index in [-0.39, 0.29) is 0 Å². The van der Waals surface area contributed by atoms with E-state index in [1.807, 2.05) is 72.8 Å². The summed E-state index contributed by atoms with van der Waals surface area (Å²) in [5, 5.41) is 2.11. The van der Waals surface area contributed by atoms with Crippen molar-refractivity contribution < 1.29 is 0 Å². The van der Waals surface area contributed by atoms with Gasteiger partial charge in [-0.2, -0.15) is 0 Å². The molecule has 23 heavy (non-hydrogen) atoms. The van der Waals surface area contributed by atoms with Crippen LogP contribution < -0.4 is 9.37 Å². The summed E-state index contributed by atoms with van der Waals surface area (Å²) in [6.07, 6.45) is 0. The van der Waals surface area contributed by atoms with E-state index in [0.717, 1.165) is 9.37 Å². The van der Waals surface area contributed by atoms with Crippen molar-refractivity contribution in [3.63, 3.8) is 0 Å². The summed E-state index contributed by atoms with van der Waals surface area (Å²) in [5.74, 6) is 0. The van der Waals surface area contributed by atoms with Gasteiger partial charge in [-0.25, -0.2) is 0 Å². The molecular formula is C18H12Cl4Pb. The number of benzene rings is 3. The first-order valence-electron chi connectivity index (χ1n) is 6.97. The van der Waals surface area contributed by atoms with Crippen LogP contribution in [0.15, 0.2) is 72.8 Å². The van der Waals surface area contributed by atoms with Crippen LogP contribution in [0.4, 0.5) is 0 Å². The second kappa shape index (κ2) is 7.32. The van der Waals surface area contributed by atoms with Crippen molar-refractivity contribution in [2.45, 2.75) is 0 Å². The van der Waals surface area contributed by atoms with Gasteiger partial charge in [-0.3, -0.25) is 0 Å². The van der Waals surface area contributed by atoms with Gasteiger partial charge in [0.25, 0.3) is 0 Å². The maximum absolute atomic E-state index is 7.37. The monoisotopic (exact) mass is 576 g/mol. The van der Waals surface area contributed by atoms with Gasteiger partial charge in [0, 0.05) is 0 Å². The van der Waals surface area contributed by atoms with Crippen LogP contribution >= 0.6 is 43.1 Å². The Balaban J connectivity index is 2.21. The Morgan fingerprint density at radius 3 is 0.870 bits per heavy atom. The molecule has 116 valence electrons. The molecule has 0 aliphatic rings. The van der Waals surface area contributed by atoms with Crippen molar-refractivity contribution in [1.82, 2.24) is 0 Å². The molecule has 5 heteroatoms. The molecule has 0 aliphatic carbocycles. The molecule has 3 rings (SSSR count). The standard InChI is InChI=1S/3C6H4Cl.ClH.Pb/c3*7-6-4-2-1-3-5-6;;/h3*2-5H;1H;/q;;;;+1/p-1. The normalized spacial score (nSPS) is 11.5. The summed E-state index contributed by atoms with van der Waals surface area (Å²) < 4.78 is 3.44. The van der Waals surface area contributed by atoms with Crippen LogP contribution in [0.25, 0.3) is 0 Å². The van der Waals surface area contributed by atoms with E-state index >= 15 is 0 Å². The first kappa shape index (κ1) is 17.6. The van der Waals surface area contributed by atoms with E-state index in [2.05, 4.69) is 0 Å². The van der Waals surface area contributed by atoms with Crippen molar-refractivity contribution in [1.29, 1.82) is 0 Å². The van der Waals surface area contributed by atoms with Gasteiger partial charge in [0.05, 0.1) is 0 Å². The molecular weight excluding hydrogens is 565 g/mol. The third kappa shape index (κ3) is 3.72. The van der Waals surface area contributed by atoms with Gasteiger partial charge in [-0.05, 0) is 0 Å². The van der Waals surface area contributed by atoms with Crippen LogP contribution in [0.2, 0.25) is 15.1 Å². The molecule has 0 heterocycles. The van der Waals surface area contributed by atoms with Gasteiger partial charge in [0.2, 0.25) is 0 Å². The van der Waals surface area contributed by atoms with Gasteiger partial charge in [0.15, 0.2) is 0 Å². The van der Waals surface area contributed by atoms with Crippen LogP contribution in [0.3, 0.4) is 0 Å². The Labute approximate surface area is 159 Å². The van der Waals surface area contributed by atoms with Crippen LogP contribution in [0.1, 0.15) is 0 Å². The van der Waals surface area contributed by atoms with Gasteiger partial charge >= 0.3 is 160 Å². The van der Waals surface area contributed by atoms with Gasteiger partial charge in [-0.1, -0.05) is 0 Å². The van der Waals surface area contributed by atoms with Gasteiger partial charge < -0.3 is 0 Å². The second-order valence-electron chi connectivity index (χ2n) is 5.18. The molecule has 0 unspecified atom stereocenters. The summed E-state index contributed by atoms with van der Waals surface area (Å²) in [6.45, 7) is 0. The number of hydrogen-bond acceptors (Lipinski definition) is 0. The fraction of sp³-hybridized carbons (Fsp3) is 0. The van der Waals surface area contributed by atoms with Crippen molar-refractivity contribution in [2.24, 2.45) is 0 Å². The Kier molecular flexibility index (Phi) is 5.59. The van der Waals surface area contributed by atoms with E-state index < -0.39 is 19.9 Å². The summed E-state index contributed by atoms with van der Waals surface area (Å²) in [6, 6.07) is 23.5. The molecule has 0 nitrogen and oxygen atoms in total. The number of hydrogen-bond donors (Lipinski definition) is 0. The predicted molar refractivity (Wildman–Crippen MR) is 105 cm³/mol. The SMILES string of the molecule is Clc1cc[c]([Pb]([Cl])([c]2ccc(Cl)cc2)[c]2ccc(Cl)cc2)cc1. The molecule has 0 saturated carbocycles. The van der Waals surface area contributed by atoms with E-state index in [1.54, 1.807) is 0 Å². The molecule has 0 amide bonds. The van der Waals surface area contributed by atoms with E-state index in [0.29, 0.717) is 15.1 Å². The summed E-state index contributed by atoms with van der Waals surface area (Å²) >= 11 is 14.4. The summed E-state index contributed by atoms with van der Waals surface area (Å²) in [4.78, 5) is 0. The minimum atomic E-state index is -3.73. The zero-order valence-corrected chi connectivity index (χ0v) is 18.9. The quantitative estimate of drug-likeness (QED) is 0.391. The third-order valence-corrected chi connectivity index (χ3v) is 23.4. The first-order chi connectivity index (χ1) is 11.0. The third-order valence-electron chi connectivity index (χ3n) is 3.73. The van der Waals surface area contributed by atoms with Gasteiger partial charge in [-0.15, -0.1) is 0 Å². The molecule has 3 aromatic carbocycles. The summed E-state index contributed by atoms with van der Waals surface area (Å²) in [5.41, 5.74) is 0. The first-order valence-corrected chi connectivity index (χ1v) is 18.7. The van der Waals surface area contributed by atoms with Crippen molar-refractivity contribution in [2.75, 3.05) is 0 Å². The van der Waals surface area contributed by atoms with Crippen LogP contribution in [0.5, 0.6) is 0 Å². The molecule has 0 fully saturated rings. The van der Waals surface area contributed by atoms with E-state index in [1.165, 1.54) is 0 Å². The molecule has 0 spiro atoms. The van der Waals surface area contributed by atoms with Crippen molar-refractivity contribution in [3.05, 3.63) is 87.9 Å². The fourth-order valence-corrected chi connectivity index (χ4v) is 17.4. The molecule has 0 N–H and O–H groups in total. The minimum absolute atomic E-state index is 0.702. The van der Waals surface area contributed by atoms with Gasteiger partial charge in [0.1, 0.15) is 0 Å². The van der Waals surface area contributed by atoms with E-state index in [9.17, 15) is 0 Å². The molecule has 0 aromatic heterocycles. The molecule has 0 aliphatic heterocycles. The molecule has 0 saturated heterocycles. The molecule has 0 bridgehead atoms. The zero-order valence-electron chi connectivity index (χ0n) is 11.9. The Morgan fingerprint density at radius 2 is 0.652 bits per heavy atom. The van der Waals surface area contributed by atoms with Crippen LogP contribution in [-0.2, 0) is 0 Å². The Hall–Kier alpha value is -0.258. The number of halogens is 4. The average molecular weight is 577 g/mol. The zero-order chi connectivity index (χ0) is 16.4. The Bertz CT molecular complexity index is 685. The maximum atomic E-state index is 7.37. The Morgan fingerprint density at radius 1 is 0.435 bits per heavy atom.